The van der Waals surface area contributed by atoms with Gasteiger partial charge in [0.2, 0.25) is 0 Å². The molecule has 0 aromatic heterocycles. The summed E-state index contributed by atoms with van der Waals surface area (Å²) >= 11 is 0. The molecule has 4 heteroatoms. The third-order valence-electron chi connectivity index (χ3n) is 5.02. The van der Waals surface area contributed by atoms with Gasteiger partial charge in [0.25, 0.3) is 0 Å². The highest BCUT2D eigenvalue weighted by Gasteiger charge is 2.36. The van der Waals surface area contributed by atoms with Gasteiger partial charge in [-0.3, -0.25) is 9.69 Å². The standard InChI is InChI=1S/C25H35NO3/c1-19(24(27)29-25(3,4)5)23(20(2)28-6)26(17-21-13-9-7-10-14-21)18-22-15-11-8-12-16-22/h7-16,19-20,23H,17-18H2,1-6H3/t19-,20-,23-/m0/s1. The van der Waals surface area contributed by atoms with E-state index in [0.717, 1.165) is 13.1 Å². The fourth-order valence-electron chi connectivity index (χ4n) is 3.60. The second kappa shape index (κ2) is 10.6. The Morgan fingerprint density at radius 1 is 0.897 bits per heavy atom. The molecule has 0 saturated heterocycles. The minimum atomic E-state index is -0.518. The molecule has 0 spiro atoms. The van der Waals surface area contributed by atoms with Crippen LogP contribution in [-0.4, -0.2) is 35.7 Å². The van der Waals surface area contributed by atoms with Gasteiger partial charge < -0.3 is 9.47 Å². The Balaban J connectivity index is 2.35. The van der Waals surface area contributed by atoms with Crippen LogP contribution in [0.1, 0.15) is 45.7 Å². The summed E-state index contributed by atoms with van der Waals surface area (Å²) in [6.07, 6.45) is -0.134. The average molecular weight is 398 g/mol. The van der Waals surface area contributed by atoms with Crippen molar-refractivity contribution < 1.29 is 14.3 Å². The van der Waals surface area contributed by atoms with E-state index in [4.69, 9.17) is 9.47 Å². The molecule has 0 heterocycles. The quantitative estimate of drug-likeness (QED) is 0.554. The van der Waals surface area contributed by atoms with Crippen LogP contribution in [0.2, 0.25) is 0 Å². The Morgan fingerprint density at radius 3 is 1.72 bits per heavy atom. The topological polar surface area (TPSA) is 38.8 Å². The van der Waals surface area contributed by atoms with Crippen LogP contribution in [0, 0.1) is 5.92 Å². The van der Waals surface area contributed by atoms with Crippen molar-refractivity contribution in [2.45, 2.75) is 65.5 Å². The summed E-state index contributed by atoms with van der Waals surface area (Å²) in [6, 6.07) is 20.5. The third-order valence-corrected chi connectivity index (χ3v) is 5.02. The molecule has 0 aliphatic rings. The van der Waals surface area contributed by atoms with Gasteiger partial charge in [0.1, 0.15) is 5.60 Å². The van der Waals surface area contributed by atoms with Gasteiger partial charge in [-0.1, -0.05) is 67.6 Å². The number of ether oxygens (including phenoxy) is 2. The fourth-order valence-corrected chi connectivity index (χ4v) is 3.60. The zero-order chi connectivity index (χ0) is 21.4. The molecular formula is C25H35NO3. The Morgan fingerprint density at radius 2 is 1.34 bits per heavy atom. The van der Waals surface area contributed by atoms with Crippen molar-refractivity contribution >= 4 is 5.97 Å². The monoisotopic (exact) mass is 397 g/mol. The summed E-state index contributed by atoms with van der Waals surface area (Å²) in [7, 11) is 1.70. The number of methoxy groups -OCH3 is 1. The van der Waals surface area contributed by atoms with Crippen molar-refractivity contribution in [2.75, 3.05) is 7.11 Å². The molecule has 2 rings (SSSR count). The van der Waals surface area contributed by atoms with E-state index in [9.17, 15) is 4.79 Å². The van der Waals surface area contributed by atoms with Crippen LogP contribution in [-0.2, 0) is 27.4 Å². The van der Waals surface area contributed by atoms with Gasteiger partial charge in [0.05, 0.1) is 12.0 Å². The van der Waals surface area contributed by atoms with Crippen molar-refractivity contribution in [2.24, 2.45) is 5.92 Å². The molecule has 0 saturated carbocycles. The Labute approximate surface area is 175 Å². The minimum Gasteiger partial charge on any atom is -0.460 e. The molecule has 0 unspecified atom stereocenters. The van der Waals surface area contributed by atoms with Gasteiger partial charge in [-0.15, -0.1) is 0 Å². The summed E-state index contributed by atoms with van der Waals surface area (Å²) in [5.41, 5.74) is 1.89. The smallest absolute Gasteiger partial charge is 0.310 e. The van der Waals surface area contributed by atoms with E-state index in [1.807, 2.05) is 71.0 Å². The number of benzene rings is 2. The Bertz CT molecular complexity index is 698. The van der Waals surface area contributed by atoms with Crippen LogP contribution >= 0.6 is 0 Å². The summed E-state index contributed by atoms with van der Waals surface area (Å²) < 4.78 is 11.4. The molecule has 0 aliphatic heterocycles. The van der Waals surface area contributed by atoms with Crippen LogP contribution in [0.15, 0.2) is 60.7 Å². The second-order valence-electron chi connectivity index (χ2n) is 8.63. The lowest BCUT2D eigenvalue weighted by Crippen LogP contribution is -2.50. The third kappa shape index (κ3) is 7.30. The highest BCUT2D eigenvalue weighted by molar-refractivity contribution is 5.73. The van der Waals surface area contributed by atoms with Crippen molar-refractivity contribution in [3.8, 4) is 0 Å². The summed E-state index contributed by atoms with van der Waals surface area (Å²) in [4.78, 5) is 15.3. The molecule has 3 atom stereocenters. The molecule has 2 aromatic rings. The van der Waals surface area contributed by atoms with E-state index in [0.29, 0.717) is 0 Å². The molecule has 4 nitrogen and oxygen atoms in total. The molecule has 0 bridgehead atoms. The number of carbonyl (C=O) groups excluding carboxylic acids is 1. The van der Waals surface area contributed by atoms with E-state index in [2.05, 4.69) is 29.2 Å². The second-order valence-corrected chi connectivity index (χ2v) is 8.63. The van der Waals surface area contributed by atoms with Crippen LogP contribution in [0.4, 0.5) is 0 Å². The molecule has 0 fully saturated rings. The highest BCUT2D eigenvalue weighted by Crippen LogP contribution is 2.25. The first-order valence-electron chi connectivity index (χ1n) is 10.3. The summed E-state index contributed by atoms with van der Waals surface area (Å²) in [6.45, 7) is 11.1. The molecule has 2 aromatic carbocycles. The lowest BCUT2D eigenvalue weighted by Gasteiger charge is -2.39. The summed E-state index contributed by atoms with van der Waals surface area (Å²) in [5, 5.41) is 0. The van der Waals surface area contributed by atoms with Gasteiger partial charge in [0, 0.05) is 26.2 Å². The first-order valence-corrected chi connectivity index (χ1v) is 10.3. The van der Waals surface area contributed by atoms with E-state index >= 15 is 0 Å². The number of hydrogen-bond donors (Lipinski definition) is 0. The number of esters is 1. The fraction of sp³-hybridized carbons (Fsp3) is 0.480. The number of carbonyl (C=O) groups is 1. The maximum Gasteiger partial charge on any atom is 0.310 e. The maximum absolute atomic E-state index is 12.9. The Kier molecular flexibility index (Phi) is 8.42. The van der Waals surface area contributed by atoms with Crippen LogP contribution in [0.5, 0.6) is 0 Å². The highest BCUT2D eigenvalue weighted by atomic mass is 16.6. The van der Waals surface area contributed by atoms with Gasteiger partial charge in [-0.2, -0.15) is 0 Å². The molecule has 0 amide bonds. The van der Waals surface area contributed by atoms with E-state index in [-0.39, 0.29) is 24.0 Å². The lowest BCUT2D eigenvalue weighted by molar-refractivity contribution is -0.164. The molecule has 158 valence electrons. The van der Waals surface area contributed by atoms with E-state index in [1.54, 1.807) is 7.11 Å². The maximum atomic E-state index is 12.9. The molecule has 29 heavy (non-hydrogen) atoms. The largest absolute Gasteiger partial charge is 0.460 e. The molecule has 0 aliphatic carbocycles. The molecular weight excluding hydrogens is 362 g/mol. The normalized spacial score (nSPS) is 15.0. The van der Waals surface area contributed by atoms with Crippen molar-refractivity contribution in [3.05, 3.63) is 71.8 Å². The summed E-state index contributed by atoms with van der Waals surface area (Å²) in [5.74, 6) is -0.533. The van der Waals surface area contributed by atoms with Crippen LogP contribution in [0.3, 0.4) is 0 Å². The predicted molar refractivity (Wildman–Crippen MR) is 117 cm³/mol. The average Bonchev–Trinajstić information content (AvgIpc) is 2.68. The van der Waals surface area contributed by atoms with Crippen LogP contribution in [0.25, 0.3) is 0 Å². The van der Waals surface area contributed by atoms with E-state index in [1.165, 1.54) is 11.1 Å². The zero-order valence-corrected chi connectivity index (χ0v) is 18.6. The first kappa shape index (κ1) is 23.1. The van der Waals surface area contributed by atoms with Gasteiger partial charge >= 0.3 is 5.97 Å². The number of nitrogens with zero attached hydrogens (tertiary/aromatic N) is 1. The number of hydrogen-bond acceptors (Lipinski definition) is 4. The molecule has 0 radical (unpaired) electrons. The van der Waals surface area contributed by atoms with Crippen LogP contribution < -0.4 is 0 Å². The van der Waals surface area contributed by atoms with Crippen molar-refractivity contribution in [3.63, 3.8) is 0 Å². The SMILES string of the molecule is CO[C@@H](C)[C@H]([C@H](C)C(=O)OC(C)(C)C)N(Cc1ccccc1)Cc1ccccc1. The predicted octanol–water partition coefficient (Wildman–Crippen LogP) is 5.07. The van der Waals surface area contributed by atoms with Gasteiger partial charge in [0.15, 0.2) is 0 Å². The lowest BCUT2D eigenvalue weighted by atomic mass is 9.94. The minimum absolute atomic E-state index is 0.129. The van der Waals surface area contributed by atoms with Crippen molar-refractivity contribution in [1.29, 1.82) is 0 Å². The zero-order valence-electron chi connectivity index (χ0n) is 18.6. The van der Waals surface area contributed by atoms with E-state index < -0.39 is 5.60 Å². The van der Waals surface area contributed by atoms with Gasteiger partial charge in [-0.25, -0.2) is 0 Å². The first-order chi connectivity index (χ1) is 13.7. The molecule has 0 N–H and O–H groups in total. The van der Waals surface area contributed by atoms with Crippen molar-refractivity contribution in [1.82, 2.24) is 4.90 Å². The van der Waals surface area contributed by atoms with Gasteiger partial charge in [-0.05, 0) is 38.8 Å². The Hall–Kier alpha value is -2.17. The number of rotatable bonds is 9.